The van der Waals surface area contributed by atoms with Crippen LogP contribution < -0.4 is 5.32 Å². The molecule has 5 rings (SSSR count). The minimum absolute atomic E-state index is 0.110. The molecule has 4 atom stereocenters. The molecule has 4 nitrogen and oxygen atoms in total. The van der Waals surface area contributed by atoms with Gasteiger partial charge < -0.3 is 10.2 Å². The van der Waals surface area contributed by atoms with Crippen molar-refractivity contribution >= 4 is 28.9 Å². The van der Waals surface area contributed by atoms with Crippen molar-refractivity contribution < 1.29 is 4.79 Å². The van der Waals surface area contributed by atoms with Crippen LogP contribution in [0.25, 0.3) is 5.57 Å². The first-order valence-electron chi connectivity index (χ1n) is 17.0. The molecular formula is C38H52ClN3O. The van der Waals surface area contributed by atoms with Crippen LogP contribution in [0.15, 0.2) is 70.9 Å². The van der Waals surface area contributed by atoms with E-state index >= 15 is 0 Å². The van der Waals surface area contributed by atoms with E-state index in [1.165, 1.54) is 87.0 Å². The summed E-state index contributed by atoms with van der Waals surface area (Å²) in [5, 5.41) is 4.27. The molecule has 1 N–H and O–H groups in total. The second kappa shape index (κ2) is 14.9. The number of nitrogens with zero attached hydrogens (tertiary/aromatic N) is 2. The van der Waals surface area contributed by atoms with Crippen molar-refractivity contribution in [1.29, 1.82) is 0 Å². The number of nitrogens with one attached hydrogen (secondary N) is 1. The molecule has 4 aliphatic rings. The quantitative estimate of drug-likeness (QED) is 0.286. The Balaban J connectivity index is 1.15. The summed E-state index contributed by atoms with van der Waals surface area (Å²) >= 11 is 6.96. The summed E-state index contributed by atoms with van der Waals surface area (Å²) in [6.45, 7) is 9.94. The lowest BCUT2D eigenvalue weighted by Gasteiger charge is -2.29. The minimum atomic E-state index is 0.110. The maximum Gasteiger partial charge on any atom is 0.245 e. The Morgan fingerprint density at radius 1 is 1.19 bits per heavy atom. The molecule has 0 aromatic heterocycles. The van der Waals surface area contributed by atoms with E-state index in [2.05, 4.69) is 62.2 Å². The molecule has 5 heteroatoms. The summed E-state index contributed by atoms with van der Waals surface area (Å²) in [6.07, 6.45) is 24.9. The van der Waals surface area contributed by atoms with Crippen LogP contribution in [0.2, 0.25) is 0 Å². The van der Waals surface area contributed by atoms with Gasteiger partial charge in [-0.15, -0.1) is 0 Å². The zero-order valence-electron chi connectivity index (χ0n) is 26.6. The Morgan fingerprint density at radius 3 is 2.84 bits per heavy atom. The molecule has 1 aromatic rings. The smallest absolute Gasteiger partial charge is 0.245 e. The number of hydrogen-bond acceptors (Lipinski definition) is 2. The number of unbranched alkanes of at least 4 members (excludes halogenated alkanes) is 1. The molecule has 2 aliphatic heterocycles. The average molecular weight is 602 g/mol. The molecule has 1 amide bonds. The van der Waals surface area contributed by atoms with Gasteiger partial charge in [0, 0.05) is 25.7 Å². The van der Waals surface area contributed by atoms with Gasteiger partial charge in [0.25, 0.3) is 0 Å². The van der Waals surface area contributed by atoms with Gasteiger partial charge in [0.2, 0.25) is 5.91 Å². The average Bonchev–Trinajstić information content (AvgIpc) is 3.63. The van der Waals surface area contributed by atoms with Crippen molar-refractivity contribution in [1.82, 2.24) is 10.2 Å². The summed E-state index contributed by atoms with van der Waals surface area (Å²) in [5.41, 5.74) is 5.28. The lowest BCUT2D eigenvalue weighted by atomic mass is 9.80. The largest absolute Gasteiger partial charge is 0.349 e. The lowest BCUT2D eigenvalue weighted by molar-refractivity contribution is -0.125. The van der Waals surface area contributed by atoms with Gasteiger partial charge in [-0.1, -0.05) is 93.6 Å². The van der Waals surface area contributed by atoms with Crippen molar-refractivity contribution in [3.8, 4) is 0 Å². The van der Waals surface area contributed by atoms with E-state index in [1.54, 1.807) is 0 Å². The highest BCUT2D eigenvalue weighted by atomic mass is 35.5. The van der Waals surface area contributed by atoms with Gasteiger partial charge in [-0.05, 0) is 104 Å². The van der Waals surface area contributed by atoms with Crippen LogP contribution in [0.4, 0.5) is 0 Å². The van der Waals surface area contributed by atoms with Gasteiger partial charge in [0.1, 0.15) is 5.84 Å². The van der Waals surface area contributed by atoms with Crippen molar-refractivity contribution in [3.63, 3.8) is 0 Å². The summed E-state index contributed by atoms with van der Waals surface area (Å²) < 4.78 is 0. The van der Waals surface area contributed by atoms with Crippen LogP contribution in [0.3, 0.4) is 0 Å². The molecule has 2 aliphatic carbocycles. The number of halogens is 1. The predicted octanol–water partition coefficient (Wildman–Crippen LogP) is 9.51. The Labute approximate surface area is 265 Å². The number of amides is 1. The highest BCUT2D eigenvalue weighted by Gasteiger charge is 2.44. The molecule has 0 radical (unpaired) electrons. The van der Waals surface area contributed by atoms with Crippen LogP contribution in [-0.2, 0) is 4.79 Å². The van der Waals surface area contributed by atoms with Crippen molar-refractivity contribution in [2.45, 2.75) is 110 Å². The minimum Gasteiger partial charge on any atom is -0.349 e. The summed E-state index contributed by atoms with van der Waals surface area (Å²) in [4.78, 5) is 19.4. The second-order valence-electron chi connectivity index (χ2n) is 13.7. The van der Waals surface area contributed by atoms with E-state index < -0.39 is 0 Å². The fourth-order valence-electron chi connectivity index (χ4n) is 8.15. The third-order valence-corrected chi connectivity index (χ3v) is 10.8. The SMILES string of the molecule is C=CC(=O)N1CCC2(CCC(CC[C@@H]3CCC[C@H](N=C4CC/C=C(C(=C/CCC)/c5ccccc5C)\C(Cl)=C/N4)C3)C2)C1. The van der Waals surface area contributed by atoms with Gasteiger partial charge >= 0.3 is 0 Å². The number of likely N-dealkylation sites (tertiary alicyclic amines) is 1. The third kappa shape index (κ3) is 8.12. The molecule has 232 valence electrons. The predicted molar refractivity (Wildman–Crippen MR) is 182 cm³/mol. The molecule has 1 saturated heterocycles. The summed E-state index contributed by atoms with van der Waals surface area (Å²) in [7, 11) is 0. The van der Waals surface area contributed by atoms with Crippen LogP contribution in [0, 0.1) is 24.2 Å². The fourth-order valence-corrected chi connectivity index (χ4v) is 8.38. The van der Waals surface area contributed by atoms with E-state index in [4.69, 9.17) is 16.6 Å². The van der Waals surface area contributed by atoms with Gasteiger partial charge in [-0.3, -0.25) is 9.79 Å². The van der Waals surface area contributed by atoms with Gasteiger partial charge in [0.05, 0.1) is 11.1 Å². The number of amidine groups is 1. The molecular weight excluding hydrogens is 550 g/mol. The molecule has 43 heavy (non-hydrogen) atoms. The number of allylic oxidation sites excluding steroid dienone is 5. The Morgan fingerprint density at radius 2 is 2.02 bits per heavy atom. The number of aliphatic imine (C=N–C) groups is 1. The maximum atomic E-state index is 12.1. The van der Waals surface area contributed by atoms with E-state index in [-0.39, 0.29) is 5.91 Å². The standard InChI is InChI=1S/C38H52ClN3O/c1-4-6-14-33(32-15-8-7-11-28(32)3)34-16-10-17-36(40-26-35(34)39)41-31-13-9-12-29(24-31)18-19-30-20-21-38(25-30)22-23-42(27-38)37(43)5-2/h5,7-8,11,14-16,26,29-31H,2,4,6,9-10,12-13,17-25,27H2,1,3H3,(H,40,41)/b33-14+,34-16-,35-26+/t29-,30?,31-,38?/m0/s1. The van der Waals surface area contributed by atoms with Crippen molar-refractivity contribution in [2.75, 3.05) is 13.1 Å². The van der Waals surface area contributed by atoms with E-state index in [0.29, 0.717) is 11.5 Å². The Hall–Kier alpha value is -2.59. The second-order valence-corrected chi connectivity index (χ2v) is 14.1. The molecule has 2 heterocycles. The number of benzene rings is 1. The molecule has 2 saturated carbocycles. The number of aryl methyl sites for hydroxylation is 1. The Bertz CT molecular complexity index is 1280. The normalized spacial score (nSPS) is 31.6. The summed E-state index contributed by atoms with van der Waals surface area (Å²) in [6, 6.07) is 9.01. The maximum absolute atomic E-state index is 12.1. The first-order chi connectivity index (χ1) is 20.9. The van der Waals surface area contributed by atoms with Crippen LogP contribution in [0.1, 0.15) is 108 Å². The number of hydrogen-bond donors (Lipinski definition) is 1. The zero-order chi connectivity index (χ0) is 30.2. The molecule has 1 aromatic carbocycles. The molecule has 1 spiro atoms. The van der Waals surface area contributed by atoms with Crippen molar-refractivity contribution in [3.05, 3.63) is 77.0 Å². The topological polar surface area (TPSA) is 44.7 Å². The zero-order valence-corrected chi connectivity index (χ0v) is 27.3. The third-order valence-electron chi connectivity index (χ3n) is 10.5. The van der Waals surface area contributed by atoms with Gasteiger partial charge in [-0.25, -0.2) is 0 Å². The highest BCUT2D eigenvalue weighted by molar-refractivity contribution is 6.33. The van der Waals surface area contributed by atoms with Crippen molar-refractivity contribution in [2.24, 2.45) is 22.2 Å². The number of rotatable bonds is 9. The monoisotopic (exact) mass is 601 g/mol. The highest BCUT2D eigenvalue weighted by Crippen LogP contribution is 2.50. The van der Waals surface area contributed by atoms with Gasteiger partial charge in [0.15, 0.2) is 0 Å². The molecule has 2 unspecified atom stereocenters. The first-order valence-corrected chi connectivity index (χ1v) is 17.3. The Kier molecular flexibility index (Phi) is 11.0. The summed E-state index contributed by atoms with van der Waals surface area (Å²) in [5.74, 6) is 2.79. The molecule has 3 fully saturated rings. The first kappa shape index (κ1) is 31.8. The van der Waals surface area contributed by atoms with Crippen LogP contribution in [-0.4, -0.2) is 35.8 Å². The van der Waals surface area contributed by atoms with Crippen LogP contribution >= 0.6 is 11.6 Å². The van der Waals surface area contributed by atoms with Gasteiger partial charge in [-0.2, -0.15) is 0 Å². The number of carbonyl (C=O) groups excluding carboxylic acids is 1. The van der Waals surface area contributed by atoms with E-state index in [9.17, 15) is 4.79 Å². The molecule has 0 bridgehead atoms. The fraction of sp³-hybridized carbons (Fsp3) is 0.579. The lowest BCUT2D eigenvalue weighted by Crippen LogP contribution is -2.29. The van der Waals surface area contributed by atoms with E-state index in [0.717, 1.165) is 67.0 Å². The van der Waals surface area contributed by atoms with E-state index in [1.807, 2.05) is 11.1 Å². The number of carbonyl (C=O) groups is 1. The van der Waals surface area contributed by atoms with Crippen LogP contribution in [0.5, 0.6) is 0 Å².